The Balaban J connectivity index is 2.00. The van der Waals surface area contributed by atoms with E-state index in [9.17, 15) is 5.26 Å². The molecule has 0 aliphatic carbocycles. The molecule has 0 aliphatic rings. The molecule has 1 rings (SSSR count). The lowest BCUT2D eigenvalue weighted by Gasteiger charge is -2.10. The maximum atomic E-state index is 9.23. The van der Waals surface area contributed by atoms with Gasteiger partial charge in [-0.25, -0.2) is 0 Å². The summed E-state index contributed by atoms with van der Waals surface area (Å²) in [5.74, 6) is -0.0276. The third-order valence-electron chi connectivity index (χ3n) is 3.91. The van der Waals surface area contributed by atoms with Crippen LogP contribution in [-0.4, -0.2) is 13.1 Å². The van der Waals surface area contributed by atoms with Gasteiger partial charge in [0.2, 0.25) is 0 Å². The lowest BCUT2D eigenvalue weighted by molar-refractivity contribution is 0.551. The highest BCUT2D eigenvalue weighted by Crippen LogP contribution is 2.13. The number of hydrogen-bond donors (Lipinski definition) is 1. The van der Waals surface area contributed by atoms with Crippen molar-refractivity contribution < 1.29 is 0 Å². The van der Waals surface area contributed by atoms with Crippen LogP contribution in [0, 0.1) is 11.3 Å². The minimum absolute atomic E-state index is 0.0276. The summed E-state index contributed by atoms with van der Waals surface area (Å²) in [5, 5.41) is 12.7. The monoisotopic (exact) mass is 286 g/mol. The van der Waals surface area contributed by atoms with Gasteiger partial charge in [0, 0.05) is 6.54 Å². The number of benzene rings is 1. The Bertz CT molecular complexity index is 380. The summed E-state index contributed by atoms with van der Waals surface area (Å²) in [6.45, 7) is 4.05. The van der Waals surface area contributed by atoms with Crippen molar-refractivity contribution in [2.75, 3.05) is 13.1 Å². The molecule has 0 aliphatic heterocycles. The van der Waals surface area contributed by atoms with E-state index >= 15 is 0 Å². The molecular formula is C19H30N2. The quantitative estimate of drug-likeness (QED) is 0.547. The average Bonchev–Trinajstić information content (AvgIpc) is 2.54. The van der Waals surface area contributed by atoms with E-state index in [-0.39, 0.29) is 5.92 Å². The van der Waals surface area contributed by atoms with Crippen molar-refractivity contribution in [3.8, 4) is 6.07 Å². The number of rotatable bonds is 12. The van der Waals surface area contributed by atoms with Gasteiger partial charge in [0.15, 0.2) is 0 Å². The van der Waals surface area contributed by atoms with Gasteiger partial charge in [-0.05, 0) is 18.5 Å². The second-order valence-electron chi connectivity index (χ2n) is 5.77. The SMILES string of the molecule is CCCCCCCCCCNCC(C#N)c1ccccc1. The number of hydrogen-bond acceptors (Lipinski definition) is 2. The molecule has 0 heterocycles. The fourth-order valence-electron chi connectivity index (χ4n) is 2.55. The fraction of sp³-hybridized carbons (Fsp3) is 0.632. The second-order valence-corrected chi connectivity index (χ2v) is 5.77. The van der Waals surface area contributed by atoms with Gasteiger partial charge in [-0.1, -0.05) is 82.2 Å². The first-order chi connectivity index (χ1) is 10.4. The summed E-state index contributed by atoms with van der Waals surface area (Å²) in [6, 6.07) is 12.4. The first-order valence-corrected chi connectivity index (χ1v) is 8.53. The maximum absolute atomic E-state index is 9.23. The van der Waals surface area contributed by atoms with Crippen molar-refractivity contribution >= 4 is 0 Å². The Morgan fingerprint density at radius 3 is 2.19 bits per heavy atom. The van der Waals surface area contributed by atoms with E-state index in [1.807, 2.05) is 30.3 Å². The molecule has 0 bridgehead atoms. The van der Waals surface area contributed by atoms with Gasteiger partial charge < -0.3 is 5.32 Å². The second kappa shape index (κ2) is 12.4. The van der Waals surface area contributed by atoms with E-state index in [0.717, 1.165) is 18.7 Å². The minimum atomic E-state index is -0.0276. The summed E-state index contributed by atoms with van der Waals surface area (Å²) in [7, 11) is 0. The Kier molecular flexibility index (Phi) is 10.5. The Hall–Kier alpha value is -1.33. The van der Waals surface area contributed by atoms with Crippen LogP contribution in [0.3, 0.4) is 0 Å². The lowest BCUT2D eigenvalue weighted by Crippen LogP contribution is -2.21. The van der Waals surface area contributed by atoms with Crippen LogP contribution in [-0.2, 0) is 0 Å². The topological polar surface area (TPSA) is 35.8 Å². The molecule has 1 unspecified atom stereocenters. The molecule has 0 amide bonds. The Morgan fingerprint density at radius 1 is 0.952 bits per heavy atom. The number of unbranched alkanes of at least 4 members (excludes halogenated alkanes) is 7. The predicted molar refractivity (Wildman–Crippen MR) is 90.3 cm³/mol. The predicted octanol–water partition coefficient (Wildman–Crippen LogP) is 5.02. The van der Waals surface area contributed by atoms with E-state index in [2.05, 4.69) is 18.3 Å². The van der Waals surface area contributed by atoms with Gasteiger partial charge in [0.05, 0.1) is 12.0 Å². The van der Waals surface area contributed by atoms with Crippen LogP contribution in [0.5, 0.6) is 0 Å². The molecule has 1 atom stereocenters. The van der Waals surface area contributed by atoms with Crippen molar-refractivity contribution in [1.82, 2.24) is 5.32 Å². The zero-order valence-electron chi connectivity index (χ0n) is 13.5. The molecule has 2 nitrogen and oxygen atoms in total. The van der Waals surface area contributed by atoms with Crippen molar-refractivity contribution in [3.63, 3.8) is 0 Å². The van der Waals surface area contributed by atoms with Crippen molar-refractivity contribution in [2.45, 2.75) is 64.2 Å². The normalized spacial score (nSPS) is 12.0. The van der Waals surface area contributed by atoms with Crippen LogP contribution < -0.4 is 5.32 Å². The highest BCUT2D eigenvalue weighted by Gasteiger charge is 2.08. The molecule has 0 fully saturated rings. The van der Waals surface area contributed by atoms with Gasteiger partial charge in [0.1, 0.15) is 0 Å². The molecule has 116 valence electrons. The summed E-state index contributed by atoms with van der Waals surface area (Å²) in [5.41, 5.74) is 1.11. The largest absolute Gasteiger partial charge is 0.315 e. The number of nitrogens with zero attached hydrogens (tertiary/aromatic N) is 1. The molecule has 0 aromatic heterocycles. The van der Waals surface area contributed by atoms with Crippen LogP contribution in [0.1, 0.15) is 69.8 Å². The van der Waals surface area contributed by atoms with E-state index in [1.54, 1.807) is 0 Å². The summed E-state index contributed by atoms with van der Waals surface area (Å²) >= 11 is 0. The maximum Gasteiger partial charge on any atom is 0.0837 e. The van der Waals surface area contributed by atoms with Crippen LogP contribution in [0.25, 0.3) is 0 Å². The number of nitrogens with one attached hydrogen (secondary N) is 1. The highest BCUT2D eigenvalue weighted by atomic mass is 14.9. The standard InChI is InChI=1S/C19H30N2/c1-2-3-4-5-6-7-8-12-15-21-17-19(16-20)18-13-10-9-11-14-18/h9-11,13-14,19,21H,2-8,12,15,17H2,1H3. The first kappa shape index (κ1) is 17.7. The van der Waals surface area contributed by atoms with Gasteiger partial charge >= 0.3 is 0 Å². The zero-order valence-corrected chi connectivity index (χ0v) is 13.5. The fourth-order valence-corrected chi connectivity index (χ4v) is 2.55. The van der Waals surface area contributed by atoms with Crippen LogP contribution in [0.2, 0.25) is 0 Å². The van der Waals surface area contributed by atoms with E-state index < -0.39 is 0 Å². The first-order valence-electron chi connectivity index (χ1n) is 8.53. The lowest BCUT2D eigenvalue weighted by atomic mass is 10.0. The third kappa shape index (κ3) is 8.52. The molecule has 0 saturated carbocycles. The third-order valence-corrected chi connectivity index (χ3v) is 3.91. The van der Waals surface area contributed by atoms with Crippen molar-refractivity contribution in [1.29, 1.82) is 5.26 Å². The molecule has 1 N–H and O–H groups in total. The molecule has 1 aromatic rings. The highest BCUT2D eigenvalue weighted by molar-refractivity contribution is 5.24. The summed E-state index contributed by atoms with van der Waals surface area (Å²) in [6.07, 6.45) is 10.8. The molecule has 21 heavy (non-hydrogen) atoms. The van der Waals surface area contributed by atoms with E-state index in [1.165, 1.54) is 51.4 Å². The van der Waals surface area contributed by atoms with Crippen LogP contribution >= 0.6 is 0 Å². The average molecular weight is 286 g/mol. The minimum Gasteiger partial charge on any atom is -0.315 e. The molecular weight excluding hydrogens is 256 g/mol. The number of nitriles is 1. The van der Waals surface area contributed by atoms with E-state index in [0.29, 0.717) is 0 Å². The molecule has 0 spiro atoms. The van der Waals surface area contributed by atoms with Gasteiger partial charge in [-0.2, -0.15) is 5.26 Å². The van der Waals surface area contributed by atoms with Crippen molar-refractivity contribution in [2.24, 2.45) is 0 Å². The smallest absolute Gasteiger partial charge is 0.0837 e. The van der Waals surface area contributed by atoms with Gasteiger partial charge in [-0.15, -0.1) is 0 Å². The Morgan fingerprint density at radius 2 is 1.57 bits per heavy atom. The van der Waals surface area contributed by atoms with Crippen LogP contribution in [0.15, 0.2) is 30.3 Å². The Labute approximate surface area is 130 Å². The van der Waals surface area contributed by atoms with E-state index in [4.69, 9.17) is 0 Å². The molecule has 2 heteroatoms. The van der Waals surface area contributed by atoms with Crippen LogP contribution in [0.4, 0.5) is 0 Å². The van der Waals surface area contributed by atoms with Gasteiger partial charge in [-0.3, -0.25) is 0 Å². The summed E-state index contributed by atoms with van der Waals surface area (Å²) in [4.78, 5) is 0. The molecule has 0 radical (unpaired) electrons. The molecule has 0 saturated heterocycles. The van der Waals surface area contributed by atoms with Crippen molar-refractivity contribution in [3.05, 3.63) is 35.9 Å². The zero-order chi connectivity index (χ0) is 15.2. The van der Waals surface area contributed by atoms with Gasteiger partial charge in [0.25, 0.3) is 0 Å². The summed E-state index contributed by atoms with van der Waals surface area (Å²) < 4.78 is 0. The molecule has 1 aromatic carbocycles.